The summed E-state index contributed by atoms with van der Waals surface area (Å²) in [7, 11) is 0. The first-order valence-corrected chi connectivity index (χ1v) is 11.0. The lowest BCUT2D eigenvalue weighted by atomic mass is 10.1. The number of anilines is 1. The van der Waals surface area contributed by atoms with Crippen LogP contribution in [0.3, 0.4) is 0 Å². The molecule has 178 valence electrons. The lowest BCUT2D eigenvalue weighted by molar-refractivity contribution is -0.114. The molecule has 0 aliphatic rings. The number of ether oxygens (including phenoxy) is 6. The van der Waals surface area contributed by atoms with Crippen LogP contribution in [0.1, 0.15) is 27.2 Å². The maximum absolute atomic E-state index is 11.0. The quantitative estimate of drug-likeness (QED) is 0.311. The number of benzene rings is 1. The Morgan fingerprint density at radius 3 is 1.68 bits per heavy atom. The minimum atomic E-state index is -0.0985. The number of hydrogen-bond donors (Lipinski definition) is 1. The van der Waals surface area contributed by atoms with Crippen molar-refractivity contribution in [2.75, 3.05) is 78.0 Å². The Bertz CT molecular complexity index is 553. The van der Waals surface area contributed by atoms with Gasteiger partial charge in [-0.15, -0.1) is 0 Å². The van der Waals surface area contributed by atoms with Crippen LogP contribution in [0.2, 0.25) is 0 Å². The highest BCUT2D eigenvalue weighted by atomic mass is 16.6. The second-order valence-electron chi connectivity index (χ2n) is 7.09. The molecule has 1 amide bonds. The summed E-state index contributed by atoms with van der Waals surface area (Å²) < 4.78 is 32.9. The fourth-order valence-electron chi connectivity index (χ4n) is 2.34. The molecule has 0 radical (unpaired) electrons. The summed E-state index contributed by atoms with van der Waals surface area (Å²) in [6.07, 6.45) is 1.13. The van der Waals surface area contributed by atoms with Crippen molar-refractivity contribution in [2.24, 2.45) is 5.92 Å². The second-order valence-corrected chi connectivity index (χ2v) is 7.09. The van der Waals surface area contributed by atoms with Gasteiger partial charge in [0, 0.05) is 19.2 Å². The van der Waals surface area contributed by atoms with Gasteiger partial charge >= 0.3 is 0 Å². The monoisotopic (exact) mass is 441 g/mol. The van der Waals surface area contributed by atoms with Crippen LogP contribution in [0.25, 0.3) is 0 Å². The van der Waals surface area contributed by atoms with Crippen LogP contribution in [0.15, 0.2) is 24.3 Å². The molecule has 8 nitrogen and oxygen atoms in total. The fraction of sp³-hybridized carbons (Fsp3) is 0.696. The lowest BCUT2D eigenvalue weighted by Gasteiger charge is -2.10. The zero-order valence-corrected chi connectivity index (χ0v) is 19.2. The highest BCUT2D eigenvalue weighted by Gasteiger charge is 1.99. The van der Waals surface area contributed by atoms with Gasteiger partial charge in [-0.1, -0.05) is 20.3 Å². The van der Waals surface area contributed by atoms with Gasteiger partial charge < -0.3 is 33.7 Å². The molecule has 1 aromatic rings. The molecule has 1 atom stereocenters. The molecule has 1 unspecified atom stereocenters. The van der Waals surface area contributed by atoms with Crippen LogP contribution in [0, 0.1) is 5.92 Å². The van der Waals surface area contributed by atoms with Crippen molar-refractivity contribution in [2.45, 2.75) is 27.2 Å². The fourth-order valence-corrected chi connectivity index (χ4v) is 2.34. The zero-order chi connectivity index (χ0) is 22.6. The molecular weight excluding hydrogens is 402 g/mol. The summed E-state index contributed by atoms with van der Waals surface area (Å²) in [5, 5.41) is 2.71. The average Bonchev–Trinajstić information content (AvgIpc) is 2.76. The van der Waals surface area contributed by atoms with Crippen molar-refractivity contribution < 1.29 is 33.2 Å². The van der Waals surface area contributed by atoms with Crippen molar-refractivity contribution in [1.29, 1.82) is 0 Å². The minimum Gasteiger partial charge on any atom is -0.491 e. The number of carbonyl (C=O) groups is 1. The SMILES string of the molecule is CCC(C)COCCOCCOCCOCCOCCOc1ccc(NC(C)=O)cc1. The summed E-state index contributed by atoms with van der Waals surface area (Å²) >= 11 is 0. The molecule has 0 bridgehead atoms. The van der Waals surface area contributed by atoms with E-state index in [1.165, 1.54) is 6.92 Å². The third-order valence-electron chi connectivity index (χ3n) is 4.26. The Hall–Kier alpha value is -1.71. The summed E-state index contributed by atoms with van der Waals surface area (Å²) in [6, 6.07) is 7.20. The van der Waals surface area contributed by atoms with Crippen LogP contribution in [0.5, 0.6) is 5.75 Å². The van der Waals surface area contributed by atoms with Crippen LogP contribution >= 0.6 is 0 Å². The van der Waals surface area contributed by atoms with E-state index in [4.69, 9.17) is 28.4 Å². The summed E-state index contributed by atoms with van der Waals surface area (Å²) in [4.78, 5) is 11.0. The zero-order valence-electron chi connectivity index (χ0n) is 19.2. The largest absolute Gasteiger partial charge is 0.491 e. The molecule has 0 spiro atoms. The normalized spacial score (nSPS) is 12.0. The van der Waals surface area contributed by atoms with Crippen LogP contribution in [0.4, 0.5) is 5.69 Å². The van der Waals surface area contributed by atoms with Gasteiger partial charge in [0.2, 0.25) is 5.91 Å². The van der Waals surface area contributed by atoms with Crippen LogP contribution in [-0.2, 0) is 28.5 Å². The highest BCUT2D eigenvalue weighted by molar-refractivity contribution is 5.88. The molecule has 0 fully saturated rings. The number of rotatable bonds is 20. The summed E-state index contributed by atoms with van der Waals surface area (Å²) in [5.74, 6) is 1.23. The number of nitrogens with one attached hydrogen (secondary N) is 1. The molecule has 1 rings (SSSR count). The highest BCUT2D eigenvalue weighted by Crippen LogP contribution is 2.15. The molecule has 31 heavy (non-hydrogen) atoms. The van der Waals surface area contributed by atoms with E-state index < -0.39 is 0 Å². The topological polar surface area (TPSA) is 84.5 Å². The Labute approximate surface area is 186 Å². The predicted octanol–water partition coefficient (Wildman–Crippen LogP) is 3.15. The third-order valence-corrected chi connectivity index (χ3v) is 4.26. The van der Waals surface area contributed by atoms with Crippen LogP contribution in [-0.4, -0.2) is 78.6 Å². The smallest absolute Gasteiger partial charge is 0.221 e. The minimum absolute atomic E-state index is 0.0985. The first-order valence-electron chi connectivity index (χ1n) is 11.0. The summed E-state index contributed by atoms with van der Waals surface area (Å²) in [5.41, 5.74) is 0.742. The van der Waals surface area contributed by atoms with Gasteiger partial charge in [0.1, 0.15) is 12.4 Å². The molecule has 0 saturated heterocycles. The van der Waals surface area contributed by atoms with E-state index in [1.54, 1.807) is 24.3 Å². The molecule has 0 saturated carbocycles. The van der Waals surface area contributed by atoms with E-state index in [-0.39, 0.29) is 5.91 Å². The molecule has 0 aliphatic heterocycles. The molecule has 0 aliphatic carbocycles. The van der Waals surface area contributed by atoms with Crippen molar-refractivity contribution in [1.82, 2.24) is 0 Å². The van der Waals surface area contributed by atoms with Gasteiger partial charge in [0.25, 0.3) is 0 Å². The second kappa shape index (κ2) is 19.0. The van der Waals surface area contributed by atoms with E-state index in [0.29, 0.717) is 72.0 Å². The van der Waals surface area contributed by atoms with Gasteiger partial charge in [-0.25, -0.2) is 0 Å². The van der Waals surface area contributed by atoms with Gasteiger partial charge in [-0.3, -0.25) is 4.79 Å². The lowest BCUT2D eigenvalue weighted by Crippen LogP contribution is -2.15. The van der Waals surface area contributed by atoms with E-state index in [9.17, 15) is 4.79 Å². The van der Waals surface area contributed by atoms with Crippen molar-refractivity contribution >= 4 is 11.6 Å². The Morgan fingerprint density at radius 1 is 0.774 bits per heavy atom. The molecule has 8 heteroatoms. The number of amides is 1. The molecule has 0 aromatic heterocycles. The Morgan fingerprint density at radius 2 is 1.23 bits per heavy atom. The van der Waals surface area contributed by atoms with E-state index in [0.717, 1.165) is 24.5 Å². The number of hydrogen-bond acceptors (Lipinski definition) is 7. The first-order chi connectivity index (χ1) is 15.1. The molecule has 1 aromatic carbocycles. The Balaban J connectivity index is 1.79. The van der Waals surface area contributed by atoms with Crippen molar-refractivity contribution in [3.63, 3.8) is 0 Å². The molecule has 0 heterocycles. The van der Waals surface area contributed by atoms with Gasteiger partial charge in [0.05, 0.1) is 59.5 Å². The van der Waals surface area contributed by atoms with Gasteiger partial charge in [-0.2, -0.15) is 0 Å². The van der Waals surface area contributed by atoms with Crippen LogP contribution < -0.4 is 10.1 Å². The summed E-state index contributed by atoms with van der Waals surface area (Å²) in [6.45, 7) is 11.9. The van der Waals surface area contributed by atoms with Gasteiger partial charge in [-0.05, 0) is 30.2 Å². The van der Waals surface area contributed by atoms with Crippen molar-refractivity contribution in [3.8, 4) is 5.75 Å². The number of carbonyl (C=O) groups excluding carboxylic acids is 1. The third kappa shape index (κ3) is 16.6. The van der Waals surface area contributed by atoms with Crippen molar-refractivity contribution in [3.05, 3.63) is 24.3 Å². The van der Waals surface area contributed by atoms with E-state index in [1.807, 2.05) is 0 Å². The van der Waals surface area contributed by atoms with E-state index >= 15 is 0 Å². The standard InChI is InChI=1S/C23H39NO7/c1-4-20(2)19-30-16-15-28-12-11-26-9-10-27-13-14-29-17-18-31-23-7-5-22(6-8-23)24-21(3)25/h5-8,20H,4,9-19H2,1-3H3,(H,24,25). The first kappa shape index (κ1) is 27.3. The van der Waals surface area contributed by atoms with E-state index in [2.05, 4.69) is 19.2 Å². The maximum Gasteiger partial charge on any atom is 0.221 e. The average molecular weight is 442 g/mol. The Kier molecular flexibility index (Phi) is 16.8. The predicted molar refractivity (Wildman–Crippen MR) is 120 cm³/mol. The molecular formula is C23H39NO7. The maximum atomic E-state index is 11.0. The van der Waals surface area contributed by atoms with Gasteiger partial charge in [0.15, 0.2) is 0 Å². The molecule has 1 N–H and O–H groups in total.